The summed E-state index contributed by atoms with van der Waals surface area (Å²) in [6.45, 7) is 0. The molecule has 2 rings (SSSR count). The Morgan fingerprint density at radius 2 is 1.88 bits per heavy atom. The number of anilines is 1. The number of rotatable bonds is 3. The molecule has 0 amide bonds. The fourth-order valence-corrected chi connectivity index (χ4v) is 2.75. The summed E-state index contributed by atoms with van der Waals surface area (Å²) in [5.41, 5.74) is 1.97. The van der Waals surface area contributed by atoms with E-state index in [9.17, 15) is 4.79 Å². The quantitative estimate of drug-likeness (QED) is 0.591. The smallest absolute Gasteiger partial charge is 0.235 e. The normalized spacial score (nSPS) is 17.5. The van der Waals surface area contributed by atoms with Crippen molar-refractivity contribution < 1.29 is 4.79 Å². The first kappa shape index (κ1) is 11.9. The molecular weight excluding hydrogens is 212 g/mol. The van der Waals surface area contributed by atoms with E-state index in [1.54, 1.807) is 6.08 Å². The second kappa shape index (κ2) is 4.72. The average molecular weight is 230 g/mol. The minimum absolute atomic E-state index is 0.331. The lowest BCUT2D eigenvalue weighted by molar-refractivity contribution is 0.456. The molecule has 1 fully saturated rings. The Morgan fingerprint density at radius 1 is 1.24 bits per heavy atom. The average Bonchev–Trinajstić information content (AvgIpc) is 2.79. The van der Waals surface area contributed by atoms with E-state index in [0.29, 0.717) is 0 Å². The summed E-state index contributed by atoms with van der Waals surface area (Å²) >= 11 is 0. The van der Waals surface area contributed by atoms with Gasteiger partial charge in [0.05, 0.1) is 0 Å². The summed E-state index contributed by atoms with van der Waals surface area (Å²) in [4.78, 5) is 16.9. The van der Waals surface area contributed by atoms with Crippen molar-refractivity contribution in [3.63, 3.8) is 0 Å². The highest BCUT2D eigenvalue weighted by atomic mass is 16.1. The zero-order valence-corrected chi connectivity index (χ0v) is 10.4. The molecule has 3 heteroatoms. The number of para-hydroxylation sites is 1. The zero-order chi connectivity index (χ0) is 12.3. The van der Waals surface area contributed by atoms with Crippen molar-refractivity contribution in [3.8, 4) is 0 Å². The van der Waals surface area contributed by atoms with Gasteiger partial charge in [-0.2, -0.15) is 4.99 Å². The first-order valence-corrected chi connectivity index (χ1v) is 6.05. The van der Waals surface area contributed by atoms with Crippen LogP contribution in [0.4, 0.5) is 5.69 Å². The van der Waals surface area contributed by atoms with Crippen LogP contribution in [-0.2, 0) is 10.3 Å². The number of hydrogen-bond acceptors (Lipinski definition) is 3. The Labute approximate surface area is 102 Å². The van der Waals surface area contributed by atoms with Crippen LogP contribution < -0.4 is 4.90 Å². The third-order valence-electron chi connectivity index (χ3n) is 3.58. The standard InChI is InChI=1S/C14H18N2O/c1-16(2)13-8-4-3-7-12(13)14(15-11-17)9-5-6-10-14/h3-4,7-8H,5-6,9-10H2,1-2H3. The molecule has 0 bridgehead atoms. The maximum atomic E-state index is 10.7. The number of isocyanates is 1. The Morgan fingerprint density at radius 3 is 2.47 bits per heavy atom. The second-order valence-electron chi connectivity index (χ2n) is 4.85. The SMILES string of the molecule is CN(C)c1ccccc1C1(N=C=O)CCCC1. The van der Waals surface area contributed by atoms with Gasteiger partial charge in [0.2, 0.25) is 6.08 Å². The van der Waals surface area contributed by atoms with Gasteiger partial charge in [0, 0.05) is 25.3 Å². The van der Waals surface area contributed by atoms with E-state index in [2.05, 4.69) is 22.0 Å². The summed E-state index contributed by atoms with van der Waals surface area (Å²) < 4.78 is 0. The van der Waals surface area contributed by atoms with Crippen LogP contribution in [0.3, 0.4) is 0 Å². The molecule has 0 heterocycles. The molecule has 90 valence electrons. The molecule has 3 nitrogen and oxygen atoms in total. The summed E-state index contributed by atoms with van der Waals surface area (Å²) in [6.07, 6.45) is 5.94. The van der Waals surface area contributed by atoms with E-state index in [-0.39, 0.29) is 5.54 Å². The molecule has 1 saturated carbocycles. The Kier molecular flexibility index (Phi) is 3.30. The number of carbonyl (C=O) groups excluding carboxylic acids is 1. The van der Waals surface area contributed by atoms with Crippen LogP contribution in [0.2, 0.25) is 0 Å². The maximum Gasteiger partial charge on any atom is 0.235 e. The molecule has 1 aromatic rings. The molecule has 0 aliphatic heterocycles. The zero-order valence-electron chi connectivity index (χ0n) is 10.4. The van der Waals surface area contributed by atoms with Crippen molar-refractivity contribution in [2.45, 2.75) is 31.2 Å². The van der Waals surface area contributed by atoms with E-state index in [1.165, 1.54) is 0 Å². The fourth-order valence-electron chi connectivity index (χ4n) is 2.75. The molecule has 17 heavy (non-hydrogen) atoms. The minimum Gasteiger partial charge on any atom is -0.377 e. The Balaban J connectivity index is 2.53. The molecule has 0 aromatic heterocycles. The van der Waals surface area contributed by atoms with Crippen LogP contribution in [0, 0.1) is 0 Å². The molecule has 1 aromatic carbocycles. The predicted octanol–water partition coefficient (Wildman–Crippen LogP) is 2.86. The van der Waals surface area contributed by atoms with Gasteiger partial charge < -0.3 is 4.90 Å². The molecule has 0 spiro atoms. The number of aliphatic imine (C=N–C) groups is 1. The highest BCUT2D eigenvalue weighted by Crippen LogP contribution is 2.45. The molecule has 0 N–H and O–H groups in total. The van der Waals surface area contributed by atoms with E-state index in [0.717, 1.165) is 36.9 Å². The summed E-state index contributed by atoms with van der Waals surface area (Å²) in [6, 6.07) is 8.20. The second-order valence-corrected chi connectivity index (χ2v) is 4.85. The molecular formula is C14H18N2O. The number of nitrogens with zero attached hydrogens (tertiary/aromatic N) is 2. The minimum atomic E-state index is -0.331. The summed E-state index contributed by atoms with van der Waals surface area (Å²) in [7, 11) is 4.04. The molecule has 0 radical (unpaired) electrons. The third kappa shape index (κ3) is 2.11. The van der Waals surface area contributed by atoms with Crippen LogP contribution in [-0.4, -0.2) is 20.2 Å². The highest BCUT2D eigenvalue weighted by molar-refractivity contribution is 5.57. The van der Waals surface area contributed by atoms with Gasteiger partial charge in [0.25, 0.3) is 0 Å². The predicted molar refractivity (Wildman–Crippen MR) is 69.0 cm³/mol. The van der Waals surface area contributed by atoms with Gasteiger partial charge >= 0.3 is 0 Å². The van der Waals surface area contributed by atoms with Crippen molar-refractivity contribution in [3.05, 3.63) is 29.8 Å². The maximum absolute atomic E-state index is 10.7. The van der Waals surface area contributed by atoms with Crippen LogP contribution in [0.15, 0.2) is 29.3 Å². The van der Waals surface area contributed by atoms with Crippen molar-refractivity contribution in [1.29, 1.82) is 0 Å². The first-order valence-electron chi connectivity index (χ1n) is 6.05. The lowest BCUT2D eigenvalue weighted by Gasteiger charge is -2.28. The molecule has 0 saturated heterocycles. The number of benzene rings is 1. The van der Waals surface area contributed by atoms with Gasteiger partial charge in [-0.15, -0.1) is 0 Å². The van der Waals surface area contributed by atoms with Crippen LogP contribution in [0.5, 0.6) is 0 Å². The highest BCUT2D eigenvalue weighted by Gasteiger charge is 2.37. The molecule has 1 aliphatic carbocycles. The van der Waals surface area contributed by atoms with Crippen molar-refractivity contribution >= 4 is 11.8 Å². The van der Waals surface area contributed by atoms with E-state index in [4.69, 9.17) is 0 Å². The lowest BCUT2D eigenvalue weighted by atomic mass is 9.87. The van der Waals surface area contributed by atoms with Gasteiger partial charge in [0.1, 0.15) is 5.54 Å². The van der Waals surface area contributed by atoms with Gasteiger partial charge in [-0.3, -0.25) is 0 Å². The summed E-state index contributed by atoms with van der Waals surface area (Å²) in [5.74, 6) is 0. The van der Waals surface area contributed by atoms with Gasteiger partial charge in [-0.25, -0.2) is 4.79 Å². The fraction of sp³-hybridized carbons (Fsp3) is 0.500. The van der Waals surface area contributed by atoms with E-state index < -0.39 is 0 Å². The van der Waals surface area contributed by atoms with Gasteiger partial charge in [-0.05, 0) is 18.9 Å². The van der Waals surface area contributed by atoms with Crippen LogP contribution in [0.1, 0.15) is 31.2 Å². The van der Waals surface area contributed by atoms with Gasteiger partial charge in [-0.1, -0.05) is 31.0 Å². The topological polar surface area (TPSA) is 32.7 Å². The van der Waals surface area contributed by atoms with Gasteiger partial charge in [0.15, 0.2) is 0 Å². The monoisotopic (exact) mass is 230 g/mol. The summed E-state index contributed by atoms with van der Waals surface area (Å²) in [5, 5.41) is 0. The third-order valence-corrected chi connectivity index (χ3v) is 3.58. The van der Waals surface area contributed by atoms with Crippen molar-refractivity contribution in [2.75, 3.05) is 19.0 Å². The van der Waals surface area contributed by atoms with Crippen molar-refractivity contribution in [2.24, 2.45) is 4.99 Å². The first-order chi connectivity index (χ1) is 8.19. The number of hydrogen-bond donors (Lipinski definition) is 0. The molecule has 0 atom stereocenters. The largest absolute Gasteiger partial charge is 0.377 e. The molecule has 0 unspecified atom stereocenters. The molecule has 1 aliphatic rings. The Hall–Kier alpha value is -1.60. The lowest BCUT2D eigenvalue weighted by Crippen LogP contribution is -2.23. The van der Waals surface area contributed by atoms with E-state index >= 15 is 0 Å². The van der Waals surface area contributed by atoms with Crippen LogP contribution in [0.25, 0.3) is 0 Å². The Bertz CT molecular complexity index is 441. The van der Waals surface area contributed by atoms with Crippen molar-refractivity contribution in [1.82, 2.24) is 0 Å². The van der Waals surface area contributed by atoms with E-state index in [1.807, 2.05) is 26.2 Å². The van der Waals surface area contributed by atoms with Crippen LogP contribution >= 0.6 is 0 Å².